The highest BCUT2D eigenvalue weighted by molar-refractivity contribution is 7.92. The Hall–Kier alpha value is -2.90. The number of benzene rings is 2. The van der Waals surface area contributed by atoms with E-state index in [9.17, 15) is 13.2 Å². The molecule has 1 N–H and O–H groups in total. The van der Waals surface area contributed by atoms with E-state index in [1.54, 1.807) is 67.0 Å². The molecule has 1 amide bonds. The molecule has 0 atom stereocenters. The molecule has 8 heteroatoms. The molecular weight excluding hydrogens is 434 g/mol. The van der Waals surface area contributed by atoms with Crippen molar-refractivity contribution in [1.29, 1.82) is 0 Å². The molecule has 0 saturated heterocycles. The van der Waals surface area contributed by atoms with Crippen LogP contribution in [0.25, 0.3) is 0 Å². The Morgan fingerprint density at radius 3 is 2.16 bits per heavy atom. The fourth-order valence-electron chi connectivity index (χ4n) is 3.10. The summed E-state index contributed by atoms with van der Waals surface area (Å²) in [6.45, 7) is 7.59. The number of sulfonamides is 1. The van der Waals surface area contributed by atoms with Gasteiger partial charge in [0.25, 0.3) is 10.0 Å². The van der Waals surface area contributed by atoms with Crippen molar-refractivity contribution in [2.24, 2.45) is 0 Å². The summed E-state index contributed by atoms with van der Waals surface area (Å²) in [5, 5.41) is 0.479. The van der Waals surface area contributed by atoms with Crippen molar-refractivity contribution in [2.45, 2.75) is 38.0 Å². The van der Waals surface area contributed by atoms with E-state index >= 15 is 0 Å². The molecule has 6 nitrogen and oxygen atoms in total. The number of nitrogens with zero attached hydrogens (tertiary/aromatic N) is 2. The third kappa shape index (κ3) is 5.24. The minimum absolute atomic E-state index is 0.0886. The summed E-state index contributed by atoms with van der Waals surface area (Å²) in [6.07, 6.45) is 3.12. The number of amides is 1. The summed E-state index contributed by atoms with van der Waals surface area (Å²) in [6, 6.07) is 14.9. The Balaban J connectivity index is 2.03. The maximum atomic E-state index is 13.1. The molecule has 0 aliphatic heterocycles. The van der Waals surface area contributed by atoms with E-state index < -0.39 is 10.0 Å². The number of hydrogen-bond donors (Lipinski definition) is 1. The monoisotopic (exact) mass is 458 g/mol. The van der Waals surface area contributed by atoms with Crippen molar-refractivity contribution in [3.8, 4) is 0 Å². The average Bonchev–Trinajstić information content (AvgIpc) is 2.70. The molecule has 0 fully saturated rings. The summed E-state index contributed by atoms with van der Waals surface area (Å²) < 4.78 is 28.8. The lowest BCUT2D eigenvalue weighted by Gasteiger charge is -2.24. The summed E-state index contributed by atoms with van der Waals surface area (Å²) in [7, 11) is -3.89. The van der Waals surface area contributed by atoms with Crippen LogP contribution in [0.3, 0.4) is 0 Å². The van der Waals surface area contributed by atoms with Crippen LogP contribution in [0.2, 0.25) is 5.02 Å². The van der Waals surface area contributed by atoms with Crippen LogP contribution in [0.15, 0.2) is 71.9 Å². The number of aromatic nitrogens is 1. The van der Waals surface area contributed by atoms with Crippen molar-refractivity contribution >= 4 is 33.0 Å². The number of nitrogens with one attached hydrogen (secondary N) is 1. The number of pyridine rings is 1. The van der Waals surface area contributed by atoms with Crippen LogP contribution in [0.1, 0.15) is 33.3 Å². The molecule has 2 aromatic carbocycles. The Kier molecular flexibility index (Phi) is 6.38. The lowest BCUT2D eigenvalue weighted by Crippen LogP contribution is -2.25. The van der Waals surface area contributed by atoms with Crippen molar-refractivity contribution in [3.63, 3.8) is 0 Å². The quantitative estimate of drug-likeness (QED) is 0.607. The van der Waals surface area contributed by atoms with Crippen molar-refractivity contribution in [3.05, 3.63) is 77.6 Å². The normalized spacial score (nSPS) is 11.8. The highest BCUT2D eigenvalue weighted by Crippen LogP contribution is 2.35. The highest BCUT2D eigenvalue weighted by Gasteiger charge is 2.24. The van der Waals surface area contributed by atoms with Gasteiger partial charge in [-0.2, -0.15) is 0 Å². The van der Waals surface area contributed by atoms with E-state index in [-0.39, 0.29) is 21.9 Å². The van der Waals surface area contributed by atoms with E-state index in [2.05, 4.69) is 30.5 Å². The Morgan fingerprint density at radius 1 is 1.00 bits per heavy atom. The van der Waals surface area contributed by atoms with Crippen LogP contribution < -0.4 is 9.62 Å². The fourth-order valence-corrected chi connectivity index (χ4v) is 4.36. The second kappa shape index (κ2) is 8.69. The lowest BCUT2D eigenvalue weighted by molar-refractivity contribution is -0.288. The number of carbonyl (C=O) groups excluding carboxylic acids is 1. The second-order valence-electron chi connectivity index (χ2n) is 8.12. The summed E-state index contributed by atoms with van der Waals surface area (Å²) in [5.41, 5.74) is 2.09. The summed E-state index contributed by atoms with van der Waals surface area (Å²) in [5.74, 6) is -0.290. The SMILES string of the molecule is CC(=O)N(c1ccncc1)c1cc([ClH+])ccc1NS(=O)(=O)c1ccc(C(C)(C)C)cc1. The molecule has 0 spiro atoms. The first-order chi connectivity index (χ1) is 14.5. The maximum absolute atomic E-state index is 13.1. The number of hydrogen-bond acceptors (Lipinski definition) is 4. The van der Waals surface area contributed by atoms with Crippen molar-refractivity contribution in [1.82, 2.24) is 4.98 Å². The second-order valence-corrected chi connectivity index (χ2v) is 10.3. The molecule has 1 aromatic heterocycles. The molecule has 3 aromatic rings. The molecule has 3 rings (SSSR count). The molecular formula is C23H25ClN3O3S+. The average molecular weight is 459 g/mol. The Bertz CT molecular complexity index is 1190. The number of carbonyl (C=O) groups is 1. The fraction of sp³-hybridized carbons (Fsp3) is 0.217. The highest BCUT2D eigenvalue weighted by atomic mass is 35.5. The van der Waals surface area contributed by atoms with E-state index in [4.69, 9.17) is 11.6 Å². The van der Waals surface area contributed by atoms with Gasteiger partial charge in [0.05, 0.1) is 22.0 Å². The van der Waals surface area contributed by atoms with E-state index in [0.717, 1.165) is 5.56 Å². The van der Waals surface area contributed by atoms with Crippen LogP contribution in [0, 0.1) is 11.6 Å². The first kappa shape index (κ1) is 22.8. The van der Waals surface area contributed by atoms with Gasteiger partial charge in [0.15, 0.2) is 11.6 Å². The zero-order valence-electron chi connectivity index (χ0n) is 17.8. The van der Waals surface area contributed by atoms with Gasteiger partial charge < -0.3 is 0 Å². The van der Waals surface area contributed by atoms with E-state index in [0.29, 0.717) is 16.4 Å². The standard InChI is InChI=1S/C23H25ClN3O3S/c1-16(28)27(19-11-13-25-14-12-19)22-15-18(24)7-10-21(22)26-31(29,30)20-8-5-17(6-9-20)23(2,3)4/h5-15,24,26H,1-4H3/q+1. The Labute approximate surface area is 187 Å². The molecule has 0 saturated carbocycles. The third-order valence-corrected chi connectivity index (χ3v) is 6.36. The molecule has 0 radical (unpaired) electrons. The third-order valence-electron chi connectivity index (χ3n) is 4.72. The van der Waals surface area contributed by atoms with Gasteiger partial charge in [0.2, 0.25) is 10.9 Å². The smallest absolute Gasteiger partial charge is 0.261 e. The predicted octanol–water partition coefficient (Wildman–Crippen LogP) is 4.56. The first-order valence-electron chi connectivity index (χ1n) is 9.64. The van der Waals surface area contributed by atoms with Crippen LogP contribution in [-0.4, -0.2) is 19.3 Å². The zero-order chi connectivity index (χ0) is 22.8. The molecule has 1 heterocycles. The van der Waals surface area contributed by atoms with E-state index in [1.807, 2.05) is 0 Å². The summed E-state index contributed by atoms with van der Waals surface area (Å²) >= 11 is 5.27. The molecule has 0 aliphatic rings. The van der Waals surface area contributed by atoms with Crippen molar-refractivity contribution < 1.29 is 24.8 Å². The molecule has 0 bridgehead atoms. The number of rotatable bonds is 5. The van der Waals surface area contributed by atoms with Crippen LogP contribution >= 0.6 is 0 Å². The minimum atomic E-state index is -3.89. The molecule has 162 valence electrons. The Morgan fingerprint density at radius 2 is 1.61 bits per heavy atom. The van der Waals surface area contributed by atoms with Crippen LogP contribution in [0.5, 0.6) is 0 Å². The van der Waals surface area contributed by atoms with Gasteiger partial charge in [-0.3, -0.25) is 19.4 Å². The largest absolute Gasteiger partial charge is 0.279 e. The van der Waals surface area contributed by atoms with E-state index in [1.165, 1.54) is 11.8 Å². The van der Waals surface area contributed by atoms with Gasteiger partial charge in [-0.05, 0) is 41.3 Å². The van der Waals surface area contributed by atoms with Gasteiger partial charge in [0, 0.05) is 31.5 Å². The topological polar surface area (TPSA) is 79.4 Å². The van der Waals surface area contributed by atoms with Gasteiger partial charge in [0.1, 0.15) is 0 Å². The van der Waals surface area contributed by atoms with Crippen LogP contribution in [-0.2, 0) is 20.2 Å². The van der Waals surface area contributed by atoms with Crippen LogP contribution in [0.4, 0.5) is 17.1 Å². The number of halogens is 1. The zero-order valence-corrected chi connectivity index (χ0v) is 19.4. The maximum Gasteiger partial charge on any atom is 0.261 e. The predicted molar refractivity (Wildman–Crippen MR) is 120 cm³/mol. The van der Waals surface area contributed by atoms with Gasteiger partial charge in [-0.25, -0.2) is 8.42 Å². The van der Waals surface area contributed by atoms with Gasteiger partial charge in [-0.15, -0.1) is 0 Å². The summed E-state index contributed by atoms with van der Waals surface area (Å²) in [4.78, 5) is 18.0. The first-order valence-corrected chi connectivity index (χ1v) is 11.5. The molecule has 0 unspecified atom stereocenters. The molecule has 0 aliphatic carbocycles. The number of anilines is 3. The van der Waals surface area contributed by atoms with Gasteiger partial charge in [-0.1, -0.05) is 32.9 Å². The van der Waals surface area contributed by atoms with Crippen molar-refractivity contribution in [2.75, 3.05) is 9.62 Å². The minimum Gasteiger partial charge on any atom is -0.279 e. The molecule has 31 heavy (non-hydrogen) atoms. The van der Waals surface area contributed by atoms with Gasteiger partial charge >= 0.3 is 0 Å². The lowest BCUT2D eigenvalue weighted by atomic mass is 9.87.